The predicted octanol–water partition coefficient (Wildman–Crippen LogP) is -0.766. The van der Waals surface area contributed by atoms with Gasteiger partial charge in [-0.1, -0.05) is 6.58 Å². The summed E-state index contributed by atoms with van der Waals surface area (Å²) in [5.74, 6) is -1.64. The lowest BCUT2D eigenvalue weighted by Crippen LogP contribution is -2.29. The van der Waals surface area contributed by atoms with E-state index in [0.717, 1.165) is 0 Å². The van der Waals surface area contributed by atoms with Crippen molar-refractivity contribution in [2.24, 2.45) is 4.99 Å². The first kappa shape index (κ1) is 16.4. The molecule has 0 atom stereocenters. The zero-order valence-electron chi connectivity index (χ0n) is 10.3. The van der Waals surface area contributed by atoms with Gasteiger partial charge in [0.2, 0.25) is 5.78 Å². The van der Waals surface area contributed by atoms with Crippen LogP contribution in [0.5, 0.6) is 0 Å². The summed E-state index contributed by atoms with van der Waals surface area (Å²) in [5, 5.41) is 11.0. The molecule has 0 unspecified atom stereocenters. The van der Waals surface area contributed by atoms with E-state index in [-0.39, 0.29) is 29.9 Å². The van der Waals surface area contributed by atoms with Crippen molar-refractivity contribution >= 4 is 25.8 Å². The van der Waals surface area contributed by atoms with Crippen molar-refractivity contribution < 1.29 is 33.6 Å². The van der Waals surface area contributed by atoms with Crippen molar-refractivity contribution in [3.8, 4) is 0 Å². The van der Waals surface area contributed by atoms with Gasteiger partial charge < -0.3 is 20.2 Å². The third-order valence-corrected chi connectivity index (χ3v) is 2.73. The minimum atomic E-state index is -4.68. The molecular weight excluding hydrogens is 291 g/mol. The molecule has 0 saturated carbocycles. The van der Waals surface area contributed by atoms with Gasteiger partial charge in [-0.05, 0) is 0 Å². The zero-order chi connectivity index (χ0) is 15.3. The fraction of sp³-hybridized carbons (Fsp3) is 0.300. The standard InChI is InChI=1S/C10H13N2O7P/c1-6-10(15)8(3-11-4-9(13)14)7(2-12-6)5-19-20(16,17)18/h2,11H,1,3-5H2,(H,13,14)(H2,16,17,18). The average molecular weight is 304 g/mol. The molecule has 0 aromatic carbocycles. The molecule has 20 heavy (non-hydrogen) atoms. The van der Waals surface area contributed by atoms with E-state index in [2.05, 4.69) is 21.4 Å². The number of hydrogen-bond acceptors (Lipinski definition) is 6. The van der Waals surface area contributed by atoms with Crippen molar-refractivity contribution in [3.05, 3.63) is 23.4 Å². The normalized spacial score (nSPS) is 15.9. The lowest BCUT2D eigenvalue weighted by Gasteiger charge is -2.16. The number of carbonyl (C=O) groups excluding carboxylic acids is 1. The van der Waals surface area contributed by atoms with Gasteiger partial charge in [0, 0.05) is 23.9 Å². The summed E-state index contributed by atoms with van der Waals surface area (Å²) < 4.78 is 14.9. The van der Waals surface area contributed by atoms with E-state index < -0.39 is 26.2 Å². The summed E-state index contributed by atoms with van der Waals surface area (Å²) >= 11 is 0. The van der Waals surface area contributed by atoms with Gasteiger partial charge in [0.05, 0.1) is 13.2 Å². The number of aliphatic imine (C=N–C) groups is 1. The van der Waals surface area contributed by atoms with Crippen molar-refractivity contribution in [2.45, 2.75) is 0 Å². The van der Waals surface area contributed by atoms with E-state index in [9.17, 15) is 14.2 Å². The smallest absolute Gasteiger partial charge is 0.469 e. The summed E-state index contributed by atoms with van der Waals surface area (Å²) in [6, 6.07) is 0. The molecule has 0 aromatic heterocycles. The Morgan fingerprint density at radius 2 is 2.15 bits per heavy atom. The number of Topliss-reactive ketones (excluding diaryl/α,β-unsaturated/α-hetero) is 1. The average Bonchev–Trinajstić information content (AvgIpc) is 2.32. The predicted molar refractivity (Wildman–Crippen MR) is 68.2 cm³/mol. The highest BCUT2D eigenvalue weighted by Crippen LogP contribution is 2.36. The second-order valence-electron chi connectivity index (χ2n) is 3.80. The molecule has 10 heteroatoms. The van der Waals surface area contributed by atoms with Crippen LogP contribution in [0.2, 0.25) is 0 Å². The van der Waals surface area contributed by atoms with Crippen LogP contribution in [-0.2, 0) is 18.7 Å². The van der Waals surface area contributed by atoms with Gasteiger partial charge in [-0.3, -0.25) is 19.1 Å². The van der Waals surface area contributed by atoms with Gasteiger partial charge in [-0.2, -0.15) is 0 Å². The first-order valence-electron chi connectivity index (χ1n) is 5.33. The molecule has 1 heterocycles. The monoisotopic (exact) mass is 304 g/mol. The molecule has 1 rings (SSSR count). The Morgan fingerprint density at radius 1 is 1.50 bits per heavy atom. The number of nitrogens with one attached hydrogen (secondary N) is 1. The Balaban J connectivity index is 2.85. The Bertz CT molecular complexity index is 546. The minimum Gasteiger partial charge on any atom is -0.480 e. The van der Waals surface area contributed by atoms with Crippen LogP contribution in [0.3, 0.4) is 0 Å². The van der Waals surface area contributed by atoms with Gasteiger partial charge in [0.15, 0.2) is 0 Å². The Kier molecular flexibility index (Phi) is 5.49. The first-order chi connectivity index (χ1) is 9.20. The van der Waals surface area contributed by atoms with Crippen LogP contribution in [-0.4, -0.2) is 52.6 Å². The van der Waals surface area contributed by atoms with Gasteiger partial charge >= 0.3 is 13.8 Å². The van der Waals surface area contributed by atoms with Crippen LogP contribution < -0.4 is 5.32 Å². The van der Waals surface area contributed by atoms with E-state index in [1.54, 1.807) is 0 Å². The van der Waals surface area contributed by atoms with Gasteiger partial charge in [0.1, 0.15) is 5.70 Å². The molecule has 0 aromatic rings. The largest absolute Gasteiger partial charge is 0.480 e. The highest BCUT2D eigenvalue weighted by Gasteiger charge is 2.23. The second kappa shape index (κ2) is 6.69. The second-order valence-corrected chi connectivity index (χ2v) is 5.04. The van der Waals surface area contributed by atoms with Crippen molar-refractivity contribution in [1.29, 1.82) is 0 Å². The number of rotatable bonds is 7. The zero-order valence-corrected chi connectivity index (χ0v) is 11.2. The number of aliphatic carboxylic acids is 1. The van der Waals surface area contributed by atoms with E-state index >= 15 is 0 Å². The molecule has 1 aliphatic rings. The van der Waals surface area contributed by atoms with E-state index in [0.29, 0.717) is 0 Å². The molecule has 0 fully saturated rings. The summed E-state index contributed by atoms with van der Waals surface area (Å²) in [7, 11) is -4.68. The quantitative estimate of drug-likeness (QED) is 0.354. The van der Waals surface area contributed by atoms with Crippen LogP contribution in [0.25, 0.3) is 0 Å². The third kappa shape index (κ3) is 5.16. The molecule has 0 bridgehead atoms. The van der Waals surface area contributed by atoms with Gasteiger partial charge in [-0.25, -0.2) is 4.57 Å². The van der Waals surface area contributed by atoms with Crippen LogP contribution in [0.4, 0.5) is 0 Å². The summed E-state index contributed by atoms with van der Waals surface area (Å²) in [6.45, 7) is 2.43. The molecule has 4 N–H and O–H groups in total. The molecule has 0 spiro atoms. The number of carboxylic acids is 1. The molecule has 110 valence electrons. The number of allylic oxidation sites excluding steroid dienone is 1. The highest BCUT2D eigenvalue weighted by atomic mass is 31.2. The maximum absolute atomic E-state index is 11.8. The molecule has 0 radical (unpaired) electrons. The lowest BCUT2D eigenvalue weighted by molar-refractivity contribution is -0.136. The Labute approximate surface area is 113 Å². The molecule has 0 amide bonds. The van der Waals surface area contributed by atoms with Crippen LogP contribution in [0.15, 0.2) is 28.4 Å². The third-order valence-electron chi connectivity index (χ3n) is 2.27. The maximum Gasteiger partial charge on any atom is 0.469 e. The van der Waals surface area contributed by atoms with Crippen molar-refractivity contribution in [1.82, 2.24) is 5.32 Å². The van der Waals surface area contributed by atoms with E-state index in [1.807, 2.05) is 0 Å². The van der Waals surface area contributed by atoms with E-state index in [4.69, 9.17) is 14.9 Å². The number of carboxylic acid groups (broad SMARTS) is 1. The number of carbonyl (C=O) groups is 2. The molecule has 9 nitrogen and oxygen atoms in total. The van der Waals surface area contributed by atoms with Crippen molar-refractivity contribution in [3.63, 3.8) is 0 Å². The number of dihydropyridines is 1. The number of ketones is 1. The molecule has 0 saturated heterocycles. The van der Waals surface area contributed by atoms with E-state index in [1.165, 1.54) is 6.21 Å². The Hall–Kier alpha value is -1.64. The topological polar surface area (TPSA) is 146 Å². The minimum absolute atomic E-state index is 0.0444. The summed E-state index contributed by atoms with van der Waals surface area (Å²) in [6.07, 6.45) is 1.21. The van der Waals surface area contributed by atoms with Gasteiger partial charge in [-0.15, -0.1) is 0 Å². The van der Waals surface area contributed by atoms with Crippen LogP contribution in [0.1, 0.15) is 0 Å². The number of hydrogen-bond donors (Lipinski definition) is 4. The maximum atomic E-state index is 11.8. The van der Waals surface area contributed by atoms with Crippen LogP contribution >= 0.6 is 7.82 Å². The fourth-order valence-corrected chi connectivity index (χ4v) is 1.69. The molecular formula is C10H13N2O7P. The van der Waals surface area contributed by atoms with Crippen LogP contribution in [0, 0.1) is 0 Å². The van der Waals surface area contributed by atoms with Crippen molar-refractivity contribution in [2.75, 3.05) is 19.7 Å². The molecule has 0 aliphatic carbocycles. The first-order valence-corrected chi connectivity index (χ1v) is 6.86. The van der Waals surface area contributed by atoms with Gasteiger partial charge in [0.25, 0.3) is 0 Å². The number of phosphoric acid groups is 1. The number of phosphoric ester groups is 1. The Morgan fingerprint density at radius 3 is 2.70 bits per heavy atom. The summed E-state index contributed by atoms with van der Waals surface area (Å²) in [4.78, 5) is 43.2. The number of nitrogens with zero attached hydrogens (tertiary/aromatic N) is 1. The highest BCUT2D eigenvalue weighted by molar-refractivity contribution is 7.46. The fourth-order valence-electron chi connectivity index (χ4n) is 1.38. The SMILES string of the molecule is C=C1N=CC(COP(=O)(O)O)=C(CNCC(=O)O)C1=O. The summed E-state index contributed by atoms with van der Waals surface area (Å²) in [5.41, 5.74) is 0.223. The molecule has 1 aliphatic heterocycles. The lowest BCUT2D eigenvalue weighted by atomic mass is 10.0.